The fourth-order valence-electron chi connectivity index (χ4n) is 6.50. The average Bonchev–Trinajstić information content (AvgIpc) is 2.84. The molecule has 5 atom stereocenters. The van der Waals surface area contributed by atoms with Crippen LogP contribution in [0.2, 0.25) is 0 Å². The molecule has 126 valence electrons. The third-order valence-corrected chi connectivity index (χ3v) is 6.94. The molecule has 0 aromatic heterocycles. The summed E-state index contributed by atoms with van der Waals surface area (Å²) in [6.07, 6.45) is 6.31. The Morgan fingerprint density at radius 3 is 2.52 bits per heavy atom. The lowest BCUT2D eigenvalue weighted by Crippen LogP contribution is -2.64. The van der Waals surface area contributed by atoms with Gasteiger partial charge in [-0.1, -0.05) is 6.92 Å². The molecule has 5 aliphatic rings. The Balaban J connectivity index is 1.58. The Morgan fingerprint density at radius 1 is 1.30 bits per heavy atom. The van der Waals surface area contributed by atoms with Crippen molar-refractivity contribution < 1.29 is 9.90 Å². The summed E-state index contributed by atoms with van der Waals surface area (Å²) < 4.78 is 0. The first-order valence-corrected chi connectivity index (χ1v) is 9.02. The molecule has 0 aromatic carbocycles. The smallest absolute Gasteiger partial charge is 0.241 e. The molecule has 4 aliphatic carbocycles. The number of amides is 1. The van der Waals surface area contributed by atoms with E-state index in [1.54, 1.807) is 4.90 Å². The van der Waals surface area contributed by atoms with E-state index in [1.165, 1.54) is 6.42 Å². The summed E-state index contributed by atoms with van der Waals surface area (Å²) in [6, 6.07) is 1.36. The summed E-state index contributed by atoms with van der Waals surface area (Å²) in [7, 11) is 0. The van der Waals surface area contributed by atoms with E-state index in [0.717, 1.165) is 32.1 Å². The predicted molar refractivity (Wildman–Crippen MR) is 84.9 cm³/mol. The van der Waals surface area contributed by atoms with Crippen molar-refractivity contribution in [1.82, 2.24) is 4.90 Å². The van der Waals surface area contributed by atoms with Gasteiger partial charge in [0.25, 0.3) is 0 Å². The molecule has 3 unspecified atom stereocenters. The number of rotatable bonds is 2. The quantitative estimate of drug-likeness (QED) is 0.805. The molecule has 4 saturated carbocycles. The monoisotopic (exact) mass is 317 g/mol. The highest BCUT2D eigenvalue weighted by Crippen LogP contribution is 2.62. The van der Waals surface area contributed by atoms with Crippen molar-refractivity contribution >= 4 is 5.91 Å². The first kappa shape index (κ1) is 15.4. The normalized spacial score (nSPS) is 49.2. The summed E-state index contributed by atoms with van der Waals surface area (Å²) in [6.45, 7) is 2.72. The van der Waals surface area contributed by atoms with E-state index >= 15 is 0 Å². The number of aliphatic hydroxyl groups is 1. The van der Waals surface area contributed by atoms with Crippen LogP contribution in [0.3, 0.4) is 0 Å². The molecule has 1 heterocycles. The molecule has 5 fully saturated rings. The maximum Gasteiger partial charge on any atom is 0.241 e. The van der Waals surface area contributed by atoms with E-state index in [2.05, 4.69) is 13.0 Å². The number of nitrogens with two attached hydrogens (primary N) is 1. The molecule has 1 aliphatic heterocycles. The first-order valence-electron chi connectivity index (χ1n) is 9.02. The van der Waals surface area contributed by atoms with E-state index in [-0.39, 0.29) is 17.4 Å². The third-order valence-electron chi connectivity index (χ3n) is 6.94. The van der Waals surface area contributed by atoms with Gasteiger partial charge in [-0.2, -0.15) is 5.26 Å². The highest BCUT2D eigenvalue weighted by atomic mass is 16.3. The molecular formula is C18H27N3O2. The van der Waals surface area contributed by atoms with Gasteiger partial charge in [-0.15, -0.1) is 0 Å². The number of likely N-dealkylation sites (tertiary alicyclic amines) is 1. The maximum atomic E-state index is 13.0. The van der Waals surface area contributed by atoms with Gasteiger partial charge >= 0.3 is 0 Å². The molecule has 1 saturated heterocycles. The van der Waals surface area contributed by atoms with Gasteiger partial charge in [-0.25, -0.2) is 0 Å². The van der Waals surface area contributed by atoms with Crippen LogP contribution >= 0.6 is 0 Å². The fourth-order valence-corrected chi connectivity index (χ4v) is 6.50. The van der Waals surface area contributed by atoms with Crippen LogP contribution < -0.4 is 5.73 Å². The summed E-state index contributed by atoms with van der Waals surface area (Å²) in [5, 5.41) is 20.2. The number of nitriles is 1. The average molecular weight is 317 g/mol. The van der Waals surface area contributed by atoms with Crippen molar-refractivity contribution in [1.29, 1.82) is 5.26 Å². The highest BCUT2D eigenvalue weighted by molar-refractivity contribution is 5.83. The van der Waals surface area contributed by atoms with Gasteiger partial charge in [0.05, 0.1) is 17.7 Å². The second-order valence-corrected chi connectivity index (χ2v) is 9.00. The summed E-state index contributed by atoms with van der Waals surface area (Å²) in [5.74, 6) is 1.33. The Labute approximate surface area is 137 Å². The van der Waals surface area contributed by atoms with Crippen molar-refractivity contribution in [3.05, 3.63) is 0 Å². The molecule has 0 radical (unpaired) electrons. The number of nitrogens with zero attached hydrogens (tertiary/aromatic N) is 2. The molecular weight excluding hydrogens is 290 g/mol. The highest BCUT2D eigenvalue weighted by Gasteiger charge is 2.60. The predicted octanol–water partition coefficient (Wildman–Crippen LogP) is 1.41. The maximum absolute atomic E-state index is 13.0. The van der Waals surface area contributed by atoms with Crippen LogP contribution in [0.1, 0.15) is 51.9 Å². The van der Waals surface area contributed by atoms with Gasteiger partial charge in [-0.05, 0) is 68.1 Å². The van der Waals surface area contributed by atoms with Gasteiger partial charge in [0.15, 0.2) is 0 Å². The van der Waals surface area contributed by atoms with Crippen LogP contribution in [-0.4, -0.2) is 40.1 Å². The SMILES string of the molecule is CC1C[C@@H](C#N)N(C(=O)[C@@H](N)C23CC4CC(CC(O)(C4)C2)C3)C1. The lowest BCUT2D eigenvalue weighted by molar-refractivity contribution is -0.177. The minimum absolute atomic E-state index is 0.0635. The summed E-state index contributed by atoms with van der Waals surface area (Å²) >= 11 is 0. The minimum atomic E-state index is -0.602. The zero-order valence-electron chi connectivity index (χ0n) is 13.9. The summed E-state index contributed by atoms with van der Waals surface area (Å²) in [4.78, 5) is 14.8. The minimum Gasteiger partial charge on any atom is -0.390 e. The van der Waals surface area contributed by atoms with Gasteiger partial charge in [0, 0.05) is 6.54 Å². The summed E-state index contributed by atoms with van der Waals surface area (Å²) in [5.41, 5.74) is 5.66. The van der Waals surface area contributed by atoms with Crippen LogP contribution in [0.25, 0.3) is 0 Å². The third kappa shape index (κ3) is 2.30. The molecule has 5 nitrogen and oxygen atoms in total. The van der Waals surface area contributed by atoms with Crippen molar-refractivity contribution in [3.63, 3.8) is 0 Å². The van der Waals surface area contributed by atoms with E-state index in [0.29, 0.717) is 30.7 Å². The van der Waals surface area contributed by atoms with Gasteiger partial charge < -0.3 is 15.7 Å². The molecule has 4 bridgehead atoms. The largest absolute Gasteiger partial charge is 0.390 e. The Morgan fingerprint density at radius 2 is 1.96 bits per heavy atom. The lowest BCUT2D eigenvalue weighted by Gasteiger charge is -2.61. The van der Waals surface area contributed by atoms with Crippen LogP contribution in [-0.2, 0) is 4.79 Å². The second-order valence-electron chi connectivity index (χ2n) is 9.00. The number of hydrogen-bond donors (Lipinski definition) is 2. The molecule has 0 aromatic rings. The number of carbonyl (C=O) groups is 1. The zero-order chi connectivity index (χ0) is 16.4. The molecule has 5 rings (SSSR count). The number of hydrogen-bond acceptors (Lipinski definition) is 4. The topological polar surface area (TPSA) is 90.4 Å². The van der Waals surface area contributed by atoms with Crippen LogP contribution in [0.4, 0.5) is 0 Å². The molecule has 5 heteroatoms. The Bertz CT molecular complexity index is 555. The lowest BCUT2D eigenvalue weighted by atomic mass is 9.46. The van der Waals surface area contributed by atoms with Crippen molar-refractivity contribution in [2.24, 2.45) is 28.9 Å². The van der Waals surface area contributed by atoms with Gasteiger partial charge in [0.2, 0.25) is 5.91 Å². The molecule has 3 N–H and O–H groups in total. The van der Waals surface area contributed by atoms with Crippen LogP contribution in [0.5, 0.6) is 0 Å². The van der Waals surface area contributed by atoms with E-state index < -0.39 is 11.6 Å². The first-order chi connectivity index (χ1) is 10.8. The Hall–Kier alpha value is -1.12. The fraction of sp³-hybridized carbons (Fsp3) is 0.889. The van der Waals surface area contributed by atoms with Crippen molar-refractivity contribution in [2.75, 3.05) is 6.54 Å². The van der Waals surface area contributed by atoms with Crippen molar-refractivity contribution in [3.8, 4) is 6.07 Å². The van der Waals surface area contributed by atoms with Crippen molar-refractivity contribution in [2.45, 2.75) is 69.6 Å². The van der Waals surface area contributed by atoms with E-state index in [4.69, 9.17) is 5.73 Å². The van der Waals surface area contributed by atoms with Gasteiger partial charge in [-0.3, -0.25) is 4.79 Å². The molecule has 23 heavy (non-hydrogen) atoms. The van der Waals surface area contributed by atoms with Gasteiger partial charge in [0.1, 0.15) is 6.04 Å². The Kier molecular flexibility index (Phi) is 3.31. The zero-order valence-corrected chi connectivity index (χ0v) is 13.9. The number of carbonyl (C=O) groups excluding carboxylic acids is 1. The molecule has 0 spiro atoms. The second kappa shape index (κ2) is 4.94. The molecule has 1 amide bonds. The van der Waals surface area contributed by atoms with E-state index in [9.17, 15) is 15.2 Å². The standard InChI is InChI=1S/C18H27N3O2/c1-11-2-14(8-19)21(9-11)16(22)15(20)17-4-12-3-13(5-17)7-18(23,6-12)10-17/h11-15,23H,2-7,9-10,20H2,1H3/t11?,12?,13?,14-,15+,17?,18?/m0/s1. The van der Waals surface area contributed by atoms with Crippen LogP contribution in [0.15, 0.2) is 0 Å². The van der Waals surface area contributed by atoms with E-state index in [1.807, 2.05) is 0 Å². The van der Waals surface area contributed by atoms with Crippen LogP contribution in [0, 0.1) is 34.5 Å².